The van der Waals surface area contributed by atoms with Crippen molar-refractivity contribution in [2.75, 3.05) is 56.0 Å². The highest BCUT2D eigenvalue weighted by Crippen LogP contribution is 2.31. The van der Waals surface area contributed by atoms with E-state index >= 15 is 0 Å². The van der Waals surface area contributed by atoms with Crippen LogP contribution in [0.4, 0.5) is 11.4 Å². The third kappa shape index (κ3) is 6.54. The summed E-state index contributed by atoms with van der Waals surface area (Å²) < 4.78 is 33.6. The molecule has 0 aromatic heterocycles. The normalized spacial score (nSPS) is 15.8. The molecule has 1 saturated heterocycles. The summed E-state index contributed by atoms with van der Waals surface area (Å²) >= 11 is 0. The van der Waals surface area contributed by atoms with E-state index in [9.17, 15) is 13.2 Å². The Hall–Kier alpha value is -2.62. The Bertz CT molecular complexity index is 1110. The zero-order valence-electron chi connectivity index (χ0n) is 21.5. The third-order valence-electron chi connectivity index (χ3n) is 6.40. The lowest BCUT2D eigenvalue weighted by Gasteiger charge is -2.36. The minimum absolute atomic E-state index is 0.166. The van der Waals surface area contributed by atoms with Crippen molar-refractivity contribution in [2.45, 2.75) is 45.6 Å². The van der Waals surface area contributed by atoms with E-state index in [2.05, 4.69) is 22.0 Å². The fraction of sp³-hybridized carbons (Fsp3) is 0.500. The molecule has 1 fully saturated rings. The molecule has 1 atom stereocenters. The fourth-order valence-corrected chi connectivity index (χ4v) is 5.73. The number of amides is 1. The standard InChI is InChI=1S/C26H38N4O4S/c1-6-28-14-16-29(17-15-28)25-13-12-23(35(32,33)30(7-2)8-3)19-24(25)27-26(31)21(5)34-22-11-9-10-20(4)18-22/h9-13,18-19,21H,6-8,14-17H2,1-5H3,(H,27,31). The van der Waals surface area contributed by atoms with Crippen LogP contribution in [-0.4, -0.2) is 75.4 Å². The first-order valence-corrected chi connectivity index (χ1v) is 13.8. The molecule has 8 nitrogen and oxygen atoms in total. The molecule has 1 aliphatic rings. The molecule has 3 rings (SSSR count). The molecule has 35 heavy (non-hydrogen) atoms. The van der Waals surface area contributed by atoms with Crippen LogP contribution in [0.15, 0.2) is 47.4 Å². The van der Waals surface area contributed by atoms with Gasteiger partial charge >= 0.3 is 0 Å². The first-order chi connectivity index (χ1) is 16.7. The van der Waals surface area contributed by atoms with Crippen LogP contribution < -0.4 is 15.0 Å². The molecule has 1 unspecified atom stereocenters. The molecule has 0 saturated carbocycles. The van der Waals surface area contributed by atoms with E-state index in [1.165, 1.54) is 4.31 Å². The Balaban J connectivity index is 1.90. The van der Waals surface area contributed by atoms with Crippen LogP contribution in [0, 0.1) is 6.92 Å². The van der Waals surface area contributed by atoms with Crippen LogP contribution in [0.25, 0.3) is 0 Å². The number of aryl methyl sites for hydroxylation is 1. The molecule has 0 bridgehead atoms. The number of ether oxygens (including phenoxy) is 1. The van der Waals surface area contributed by atoms with Crippen LogP contribution in [0.5, 0.6) is 5.75 Å². The predicted octanol–water partition coefficient (Wildman–Crippen LogP) is 3.57. The Morgan fingerprint density at radius 2 is 1.74 bits per heavy atom. The van der Waals surface area contributed by atoms with Gasteiger partial charge in [0.15, 0.2) is 6.10 Å². The molecule has 9 heteroatoms. The quantitative estimate of drug-likeness (QED) is 0.535. The molecule has 0 spiro atoms. The lowest BCUT2D eigenvalue weighted by molar-refractivity contribution is -0.122. The molecule has 1 aliphatic heterocycles. The summed E-state index contributed by atoms with van der Waals surface area (Å²) in [7, 11) is -3.67. The number of rotatable bonds is 10. The summed E-state index contributed by atoms with van der Waals surface area (Å²) in [4.78, 5) is 17.8. The zero-order chi connectivity index (χ0) is 25.6. The van der Waals surface area contributed by atoms with Gasteiger partial charge in [-0.3, -0.25) is 4.79 Å². The summed E-state index contributed by atoms with van der Waals surface area (Å²) in [6.07, 6.45) is -0.760. The highest BCUT2D eigenvalue weighted by molar-refractivity contribution is 7.89. The molecule has 1 amide bonds. The maximum atomic E-state index is 13.2. The van der Waals surface area contributed by atoms with E-state index in [1.54, 1.807) is 25.1 Å². The molecule has 0 aliphatic carbocycles. The lowest BCUT2D eigenvalue weighted by atomic mass is 10.2. The second kappa shape index (κ2) is 11.9. The Kier molecular flexibility index (Phi) is 9.15. The van der Waals surface area contributed by atoms with E-state index in [-0.39, 0.29) is 10.8 Å². The third-order valence-corrected chi connectivity index (χ3v) is 8.45. The van der Waals surface area contributed by atoms with Gasteiger partial charge in [-0.15, -0.1) is 0 Å². The van der Waals surface area contributed by atoms with Crippen LogP contribution in [0.2, 0.25) is 0 Å². The number of carbonyl (C=O) groups excluding carboxylic acids is 1. The van der Waals surface area contributed by atoms with Crippen molar-refractivity contribution >= 4 is 27.3 Å². The Labute approximate surface area is 209 Å². The predicted molar refractivity (Wildman–Crippen MR) is 141 cm³/mol. The van der Waals surface area contributed by atoms with Crippen molar-refractivity contribution in [3.05, 3.63) is 48.0 Å². The largest absolute Gasteiger partial charge is 0.481 e. The van der Waals surface area contributed by atoms with E-state index in [1.807, 2.05) is 45.0 Å². The van der Waals surface area contributed by atoms with Crippen LogP contribution in [0.3, 0.4) is 0 Å². The van der Waals surface area contributed by atoms with Gasteiger partial charge < -0.3 is 19.9 Å². The van der Waals surface area contributed by atoms with Crippen molar-refractivity contribution < 1.29 is 17.9 Å². The van der Waals surface area contributed by atoms with Gasteiger partial charge in [-0.2, -0.15) is 4.31 Å². The molecule has 2 aromatic carbocycles. The van der Waals surface area contributed by atoms with Crippen molar-refractivity contribution in [2.24, 2.45) is 0 Å². The highest BCUT2D eigenvalue weighted by Gasteiger charge is 2.26. The number of hydrogen-bond donors (Lipinski definition) is 1. The smallest absolute Gasteiger partial charge is 0.265 e. The summed E-state index contributed by atoms with van der Waals surface area (Å²) in [6.45, 7) is 14.6. The Morgan fingerprint density at radius 3 is 2.34 bits per heavy atom. The van der Waals surface area contributed by atoms with Gasteiger partial charge in [0.2, 0.25) is 10.0 Å². The van der Waals surface area contributed by atoms with Gasteiger partial charge in [-0.05, 0) is 56.3 Å². The average Bonchev–Trinajstić information content (AvgIpc) is 2.84. The van der Waals surface area contributed by atoms with Crippen LogP contribution >= 0.6 is 0 Å². The van der Waals surface area contributed by atoms with Gasteiger partial charge in [0.1, 0.15) is 5.75 Å². The lowest BCUT2D eigenvalue weighted by Crippen LogP contribution is -2.46. The molecule has 1 N–H and O–H groups in total. The number of benzene rings is 2. The van der Waals surface area contributed by atoms with Gasteiger partial charge in [0, 0.05) is 39.3 Å². The first-order valence-electron chi connectivity index (χ1n) is 12.3. The average molecular weight is 503 g/mol. The summed E-state index contributed by atoms with van der Waals surface area (Å²) in [6, 6.07) is 12.5. The van der Waals surface area contributed by atoms with Crippen molar-refractivity contribution in [3.8, 4) is 5.75 Å². The van der Waals surface area contributed by atoms with Crippen molar-refractivity contribution in [3.63, 3.8) is 0 Å². The molecular formula is C26H38N4O4S. The number of anilines is 2. The number of likely N-dealkylation sites (N-methyl/N-ethyl adjacent to an activating group) is 1. The van der Waals surface area contributed by atoms with Gasteiger partial charge in [-0.1, -0.05) is 32.9 Å². The second-order valence-corrected chi connectivity index (χ2v) is 10.7. The summed E-state index contributed by atoms with van der Waals surface area (Å²) in [5.41, 5.74) is 2.33. The number of piperazine rings is 1. The number of sulfonamides is 1. The SMILES string of the molecule is CCN1CCN(c2ccc(S(=O)(=O)N(CC)CC)cc2NC(=O)C(C)Oc2cccc(C)c2)CC1. The first kappa shape index (κ1) is 27.0. The van der Waals surface area contributed by atoms with E-state index in [0.717, 1.165) is 44.0 Å². The van der Waals surface area contributed by atoms with E-state index in [0.29, 0.717) is 24.5 Å². The number of carbonyl (C=O) groups is 1. The minimum atomic E-state index is -3.67. The molecule has 0 radical (unpaired) electrons. The highest BCUT2D eigenvalue weighted by atomic mass is 32.2. The minimum Gasteiger partial charge on any atom is -0.481 e. The van der Waals surface area contributed by atoms with Gasteiger partial charge in [-0.25, -0.2) is 8.42 Å². The maximum absolute atomic E-state index is 13.2. The number of nitrogens with zero attached hydrogens (tertiary/aromatic N) is 3. The second-order valence-electron chi connectivity index (χ2n) is 8.76. The number of hydrogen-bond acceptors (Lipinski definition) is 6. The molecule has 1 heterocycles. The van der Waals surface area contributed by atoms with Crippen molar-refractivity contribution in [1.82, 2.24) is 9.21 Å². The Morgan fingerprint density at radius 1 is 1.06 bits per heavy atom. The van der Waals surface area contributed by atoms with E-state index < -0.39 is 16.1 Å². The zero-order valence-corrected chi connectivity index (χ0v) is 22.3. The van der Waals surface area contributed by atoms with E-state index in [4.69, 9.17) is 4.74 Å². The monoisotopic (exact) mass is 502 g/mol. The molecule has 192 valence electrons. The maximum Gasteiger partial charge on any atom is 0.265 e. The topological polar surface area (TPSA) is 82.2 Å². The summed E-state index contributed by atoms with van der Waals surface area (Å²) in [5, 5.41) is 2.95. The summed E-state index contributed by atoms with van der Waals surface area (Å²) in [5.74, 6) is 0.277. The molecular weight excluding hydrogens is 464 g/mol. The van der Waals surface area contributed by atoms with Crippen molar-refractivity contribution in [1.29, 1.82) is 0 Å². The van der Waals surface area contributed by atoms with Gasteiger partial charge in [0.25, 0.3) is 5.91 Å². The number of nitrogens with one attached hydrogen (secondary N) is 1. The fourth-order valence-electron chi connectivity index (χ4n) is 4.25. The van der Waals surface area contributed by atoms with Gasteiger partial charge in [0.05, 0.1) is 16.3 Å². The molecule has 2 aromatic rings. The van der Waals surface area contributed by atoms with Crippen LogP contribution in [0.1, 0.15) is 33.3 Å². The van der Waals surface area contributed by atoms with Crippen LogP contribution in [-0.2, 0) is 14.8 Å².